The van der Waals surface area contributed by atoms with Crippen LogP contribution in [0.1, 0.15) is 207 Å². The van der Waals surface area contributed by atoms with Gasteiger partial charge in [0.25, 0.3) is 0 Å². The smallest absolute Gasteiger partial charge is 0.306 e. The fourth-order valence-electron chi connectivity index (χ4n) is 7.67. The average molecular weight is 984 g/mol. The third kappa shape index (κ3) is 35.0. The summed E-state index contributed by atoms with van der Waals surface area (Å²) in [6.07, 6.45) is 16.8. The van der Waals surface area contributed by atoms with Crippen LogP contribution in [0.25, 0.3) is 0 Å². The van der Waals surface area contributed by atoms with Crippen LogP contribution in [0.5, 0.6) is 0 Å². The van der Waals surface area contributed by atoms with Crippen molar-refractivity contribution in [3.63, 3.8) is 0 Å². The summed E-state index contributed by atoms with van der Waals surface area (Å²) in [7, 11) is 3.80. The van der Waals surface area contributed by atoms with E-state index >= 15 is 0 Å². The Labute approximate surface area is 415 Å². The molecule has 1 fully saturated rings. The second-order valence-electron chi connectivity index (χ2n) is 19.0. The number of esters is 7. The van der Waals surface area contributed by atoms with Crippen LogP contribution in [0.2, 0.25) is 0 Å². The fourth-order valence-corrected chi connectivity index (χ4v) is 7.67. The van der Waals surface area contributed by atoms with Gasteiger partial charge in [0.2, 0.25) is 0 Å². The van der Waals surface area contributed by atoms with E-state index in [0.717, 1.165) is 103 Å². The number of carbonyl (C=O) groups is 7. The van der Waals surface area contributed by atoms with Gasteiger partial charge in [0.1, 0.15) is 12.7 Å². The first-order valence-corrected chi connectivity index (χ1v) is 26.7. The highest BCUT2D eigenvalue weighted by molar-refractivity contribution is 5.73. The van der Waals surface area contributed by atoms with Crippen LogP contribution in [0, 0.1) is 11.8 Å². The number of rotatable bonds is 44. The van der Waals surface area contributed by atoms with Crippen LogP contribution in [0.4, 0.5) is 0 Å². The molecule has 0 aliphatic carbocycles. The van der Waals surface area contributed by atoms with E-state index in [-0.39, 0.29) is 84.6 Å². The number of hydrogen-bond donors (Lipinski definition) is 0. The van der Waals surface area contributed by atoms with E-state index in [9.17, 15) is 33.6 Å². The van der Waals surface area contributed by atoms with Crippen molar-refractivity contribution in [3.8, 4) is 0 Å². The summed E-state index contributed by atoms with van der Waals surface area (Å²) in [4.78, 5) is 92.8. The molecule has 16 nitrogen and oxygen atoms in total. The molecule has 400 valence electrons. The molecule has 3 atom stereocenters. The Kier molecular flexibility index (Phi) is 38.4. The summed E-state index contributed by atoms with van der Waals surface area (Å²) in [6.45, 7) is 7.95. The van der Waals surface area contributed by atoms with Crippen LogP contribution < -0.4 is 0 Å². The average Bonchev–Trinajstić information content (AvgIpc) is 3.68. The SMILES string of the molecule is CCCCCCCC(=O)OCC(COC(=O)CCCCCCC)CC(=O)O[C@@H]1[C@@H](OC(=O)CC(COC(=O)CCCCCCC)COC(=O)CCCCCCC)CO[C@@H]1COC(=O)CCCN(C)C. The van der Waals surface area contributed by atoms with Crippen molar-refractivity contribution in [1.82, 2.24) is 4.90 Å². The molecule has 0 unspecified atom stereocenters. The maximum atomic E-state index is 13.8. The van der Waals surface area contributed by atoms with Gasteiger partial charge >= 0.3 is 41.8 Å². The lowest BCUT2D eigenvalue weighted by Gasteiger charge is -2.25. The Morgan fingerprint density at radius 3 is 1.13 bits per heavy atom. The van der Waals surface area contributed by atoms with Crippen LogP contribution in [-0.2, 0) is 71.5 Å². The molecule has 1 rings (SSSR count). The van der Waals surface area contributed by atoms with Crippen molar-refractivity contribution in [2.24, 2.45) is 11.8 Å². The quantitative estimate of drug-likeness (QED) is 0.0317. The third-order valence-corrected chi connectivity index (χ3v) is 11.9. The Morgan fingerprint density at radius 1 is 0.435 bits per heavy atom. The first-order chi connectivity index (χ1) is 33.3. The van der Waals surface area contributed by atoms with Gasteiger partial charge in [0.05, 0.1) is 45.9 Å². The number of unbranched alkanes of at least 4 members (excludes halogenated alkanes) is 16. The largest absolute Gasteiger partial charge is 0.465 e. The zero-order valence-corrected chi connectivity index (χ0v) is 43.7. The van der Waals surface area contributed by atoms with Gasteiger partial charge < -0.3 is 42.8 Å². The predicted molar refractivity (Wildman–Crippen MR) is 262 cm³/mol. The van der Waals surface area contributed by atoms with Gasteiger partial charge in [-0.1, -0.05) is 130 Å². The summed E-state index contributed by atoms with van der Waals surface area (Å²) in [5, 5.41) is 0. The summed E-state index contributed by atoms with van der Waals surface area (Å²) in [5.41, 5.74) is 0. The van der Waals surface area contributed by atoms with Crippen LogP contribution >= 0.6 is 0 Å². The van der Waals surface area contributed by atoms with Gasteiger partial charge in [0.15, 0.2) is 12.2 Å². The Bertz CT molecular complexity index is 1350. The van der Waals surface area contributed by atoms with Crippen molar-refractivity contribution in [2.75, 3.05) is 60.3 Å². The maximum Gasteiger partial charge on any atom is 0.306 e. The predicted octanol–water partition coefficient (Wildman–Crippen LogP) is 9.72. The lowest BCUT2D eigenvalue weighted by atomic mass is 10.1. The Balaban J connectivity index is 3.17. The van der Waals surface area contributed by atoms with Gasteiger partial charge in [-0.25, -0.2) is 0 Å². The topological polar surface area (TPSA) is 197 Å². The highest BCUT2D eigenvalue weighted by Crippen LogP contribution is 2.25. The highest BCUT2D eigenvalue weighted by atomic mass is 16.6. The molecule has 69 heavy (non-hydrogen) atoms. The van der Waals surface area contributed by atoms with E-state index in [1.54, 1.807) is 0 Å². The first-order valence-electron chi connectivity index (χ1n) is 26.7. The molecule has 0 amide bonds. The monoisotopic (exact) mass is 984 g/mol. The molecule has 1 aliphatic rings. The number of nitrogens with zero attached hydrogens (tertiary/aromatic N) is 1. The van der Waals surface area contributed by atoms with E-state index < -0.39 is 71.9 Å². The molecule has 1 heterocycles. The van der Waals surface area contributed by atoms with Crippen molar-refractivity contribution >= 4 is 41.8 Å². The normalized spacial score (nSPS) is 15.6. The van der Waals surface area contributed by atoms with Gasteiger partial charge in [-0.15, -0.1) is 0 Å². The first kappa shape index (κ1) is 63.2. The standard InChI is InChI=1S/C53H93NO15/c1-7-11-15-19-23-28-46(55)63-36-42(37-64-47(56)29-24-20-16-12-8-2)34-51(60)68-45-41-62-44(40-67-50(59)32-27-33-54(5)6)53(45)69-52(61)35-43(38-65-48(57)30-25-21-17-13-9-3)39-66-49(58)31-26-22-18-14-10-4/h42-45,53H,7-41H2,1-6H3/t44-,45+,53+/m1/s1. The molecule has 0 radical (unpaired) electrons. The molecule has 1 saturated heterocycles. The maximum absolute atomic E-state index is 13.8. The van der Waals surface area contributed by atoms with Crippen LogP contribution in [0.3, 0.4) is 0 Å². The van der Waals surface area contributed by atoms with Crippen molar-refractivity contribution in [2.45, 2.75) is 226 Å². The molecular formula is C53H93NO15. The number of hydrogen-bond acceptors (Lipinski definition) is 16. The van der Waals surface area contributed by atoms with E-state index in [2.05, 4.69) is 27.7 Å². The second-order valence-corrected chi connectivity index (χ2v) is 19.0. The van der Waals surface area contributed by atoms with Crippen molar-refractivity contribution in [3.05, 3.63) is 0 Å². The summed E-state index contributed by atoms with van der Waals surface area (Å²) in [6, 6.07) is 0. The third-order valence-electron chi connectivity index (χ3n) is 11.9. The molecule has 16 heteroatoms. The summed E-state index contributed by atoms with van der Waals surface area (Å²) < 4.78 is 45.5. The molecule has 1 aliphatic heterocycles. The zero-order chi connectivity index (χ0) is 50.9. The van der Waals surface area contributed by atoms with E-state index in [1.165, 1.54) is 0 Å². The van der Waals surface area contributed by atoms with E-state index in [4.69, 9.17) is 37.9 Å². The van der Waals surface area contributed by atoms with E-state index in [0.29, 0.717) is 38.6 Å². The molecule has 0 saturated carbocycles. The van der Waals surface area contributed by atoms with Gasteiger partial charge in [-0.3, -0.25) is 33.6 Å². The van der Waals surface area contributed by atoms with Crippen LogP contribution in [0.15, 0.2) is 0 Å². The molecule has 0 aromatic carbocycles. The van der Waals surface area contributed by atoms with Crippen LogP contribution in [-0.4, -0.2) is 125 Å². The molecule has 0 aromatic heterocycles. The summed E-state index contributed by atoms with van der Waals surface area (Å²) >= 11 is 0. The molecule has 0 aromatic rings. The second kappa shape index (κ2) is 41.9. The van der Waals surface area contributed by atoms with Gasteiger partial charge in [0, 0.05) is 43.9 Å². The van der Waals surface area contributed by atoms with E-state index in [1.807, 2.05) is 19.0 Å². The van der Waals surface area contributed by atoms with Gasteiger partial charge in [-0.05, 0) is 52.7 Å². The Hall–Kier alpha value is -3.79. The van der Waals surface area contributed by atoms with Crippen molar-refractivity contribution in [1.29, 1.82) is 0 Å². The Morgan fingerprint density at radius 2 is 0.768 bits per heavy atom. The van der Waals surface area contributed by atoms with Crippen molar-refractivity contribution < 1.29 is 71.5 Å². The highest BCUT2D eigenvalue weighted by Gasteiger charge is 2.44. The fraction of sp³-hybridized carbons (Fsp3) is 0.868. The minimum absolute atomic E-state index is 0.151. The minimum Gasteiger partial charge on any atom is -0.465 e. The molecule has 0 bridgehead atoms. The minimum atomic E-state index is -1.21. The lowest BCUT2D eigenvalue weighted by Crippen LogP contribution is -2.41. The van der Waals surface area contributed by atoms with Gasteiger partial charge in [-0.2, -0.15) is 0 Å². The number of carbonyl (C=O) groups excluding carboxylic acids is 7. The summed E-state index contributed by atoms with van der Waals surface area (Å²) in [5.74, 6) is -5.06. The molecule has 0 spiro atoms. The lowest BCUT2D eigenvalue weighted by molar-refractivity contribution is -0.171. The molecular weight excluding hydrogens is 891 g/mol. The zero-order valence-electron chi connectivity index (χ0n) is 43.7. The number of ether oxygens (including phenoxy) is 8. The molecule has 0 N–H and O–H groups in total.